The molecular formula is C14H15ClFN3O2S. The fraction of sp³-hybridized carbons (Fsp3) is 0.286. The summed E-state index contributed by atoms with van der Waals surface area (Å²) >= 11 is 7.26. The van der Waals surface area contributed by atoms with E-state index in [4.69, 9.17) is 11.6 Å². The van der Waals surface area contributed by atoms with Crippen LogP contribution in [0.1, 0.15) is 5.56 Å². The summed E-state index contributed by atoms with van der Waals surface area (Å²) < 4.78 is 13.7. The maximum absolute atomic E-state index is 13.7. The molecule has 2 rings (SSSR count). The maximum Gasteiger partial charge on any atom is 0.321 e. The van der Waals surface area contributed by atoms with E-state index in [2.05, 4.69) is 15.6 Å². The second-order valence-corrected chi connectivity index (χ2v) is 5.93. The van der Waals surface area contributed by atoms with Crippen molar-refractivity contribution in [1.82, 2.24) is 10.3 Å². The van der Waals surface area contributed by atoms with Crippen molar-refractivity contribution in [2.75, 3.05) is 18.5 Å². The minimum atomic E-state index is -0.423. The summed E-state index contributed by atoms with van der Waals surface area (Å²) in [4.78, 5) is 15.6. The van der Waals surface area contributed by atoms with Crippen LogP contribution in [0.4, 0.5) is 14.3 Å². The van der Waals surface area contributed by atoms with Gasteiger partial charge in [0.05, 0.1) is 0 Å². The highest BCUT2D eigenvalue weighted by molar-refractivity contribution is 7.13. The van der Waals surface area contributed by atoms with Crippen molar-refractivity contribution in [3.8, 4) is 0 Å². The number of aliphatic hydroxyl groups is 1. The molecule has 0 aliphatic heterocycles. The number of urea groups is 1. The summed E-state index contributed by atoms with van der Waals surface area (Å²) in [6, 6.07) is 4.01. The Morgan fingerprint density at radius 3 is 2.95 bits per heavy atom. The minimum absolute atomic E-state index is 0.192. The van der Waals surface area contributed by atoms with E-state index >= 15 is 0 Å². The predicted octanol–water partition coefficient (Wildman–Crippen LogP) is 2.91. The molecule has 1 heterocycles. The number of rotatable bonds is 6. The first kappa shape index (κ1) is 16.7. The van der Waals surface area contributed by atoms with E-state index in [9.17, 15) is 14.3 Å². The predicted molar refractivity (Wildman–Crippen MR) is 84.8 cm³/mol. The summed E-state index contributed by atoms with van der Waals surface area (Å²) in [5.74, 6) is -0.755. The Bertz CT molecular complexity index is 604. The number of nitrogens with one attached hydrogen (secondary N) is 2. The largest absolute Gasteiger partial charge is 0.396 e. The number of nitrogens with zero attached hydrogens (tertiary/aromatic N) is 1. The maximum atomic E-state index is 13.7. The number of anilines is 1. The number of aromatic nitrogens is 1. The first-order valence-corrected chi connectivity index (χ1v) is 7.84. The molecule has 1 aromatic carbocycles. The van der Waals surface area contributed by atoms with Crippen molar-refractivity contribution >= 4 is 34.1 Å². The number of hydrogen-bond acceptors (Lipinski definition) is 4. The number of benzene rings is 1. The van der Waals surface area contributed by atoms with Gasteiger partial charge in [-0.25, -0.2) is 14.2 Å². The Hall–Kier alpha value is -1.70. The van der Waals surface area contributed by atoms with Crippen LogP contribution in [-0.2, 0) is 6.42 Å². The zero-order valence-corrected chi connectivity index (χ0v) is 13.1. The highest BCUT2D eigenvalue weighted by Gasteiger charge is 2.15. The molecule has 118 valence electrons. The normalized spacial score (nSPS) is 12.0. The van der Waals surface area contributed by atoms with Gasteiger partial charge in [-0.2, -0.15) is 0 Å². The van der Waals surface area contributed by atoms with Crippen LogP contribution in [0, 0.1) is 11.7 Å². The van der Waals surface area contributed by atoms with Crippen molar-refractivity contribution in [2.24, 2.45) is 5.92 Å². The standard InChI is InChI=1S/C14H15ClFN3O2S/c15-11-2-1-3-12(16)10(11)6-9(8-20)7-18-13(21)19-14-17-4-5-22-14/h1-5,9,20H,6-8H2,(H2,17,18,19,21)/t9-/m1/s1. The quantitative estimate of drug-likeness (QED) is 0.755. The Kier molecular flexibility index (Phi) is 6.11. The summed E-state index contributed by atoms with van der Waals surface area (Å²) in [5, 5.41) is 17.1. The lowest BCUT2D eigenvalue weighted by Crippen LogP contribution is -2.35. The van der Waals surface area contributed by atoms with Gasteiger partial charge < -0.3 is 10.4 Å². The number of carbonyl (C=O) groups is 1. The smallest absolute Gasteiger partial charge is 0.321 e. The molecule has 1 aromatic heterocycles. The molecule has 0 aliphatic rings. The van der Waals surface area contributed by atoms with Crippen LogP contribution in [0.2, 0.25) is 5.02 Å². The molecule has 0 saturated heterocycles. The number of carbonyl (C=O) groups excluding carboxylic acids is 1. The van der Waals surface area contributed by atoms with Crippen LogP contribution in [0.3, 0.4) is 0 Å². The highest BCUT2D eigenvalue weighted by Crippen LogP contribution is 2.22. The second-order valence-electron chi connectivity index (χ2n) is 4.63. The van der Waals surface area contributed by atoms with Gasteiger partial charge in [0, 0.05) is 41.2 Å². The number of hydrogen-bond donors (Lipinski definition) is 3. The third kappa shape index (κ3) is 4.66. The van der Waals surface area contributed by atoms with Crippen molar-refractivity contribution < 1.29 is 14.3 Å². The molecule has 3 N–H and O–H groups in total. The summed E-state index contributed by atoms with van der Waals surface area (Å²) in [7, 11) is 0. The van der Waals surface area contributed by atoms with Crippen molar-refractivity contribution in [3.05, 3.63) is 46.2 Å². The summed E-state index contributed by atoms with van der Waals surface area (Å²) in [6.07, 6.45) is 1.82. The molecular weight excluding hydrogens is 329 g/mol. The number of amides is 2. The fourth-order valence-corrected chi connectivity index (χ4v) is 2.64. The zero-order valence-electron chi connectivity index (χ0n) is 11.6. The number of aliphatic hydroxyl groups excluding tert-OH is 1. The lowest BCUT2D eigenvalue weighted by atomic mass is 9.99. The van der Waals surface area contributed by atoms with E-state index in [1.54, 1.807) is 17.6 Å². The average Bonchev–Trinajstić information content (AvgIpc) is 2.99. The molecule has 5 nitrogen and oxygen atoms in total. The molecule has 0 saturated carbocycles. The van der Waals surface area contributed by atoms with E-state index in [0.717, 1.165) is 0 Å². The molecule has 2 amide bonds. The number of halogens is 2. The molecule has 1 atom stereocenters. The Morgan fingerprint density at radius 1 is 1.50 bits per heavy atom. The second kappa shape index (κ2) is 8.07. The minimum Gasteiger partial charge on any atom is -0.396 e. The Morgan fingerprint density at radius 2 is 2.32 bits per heavy atom. The first-order chi connectivity index (χ1) is 10.6. The molecule has 0 spiro atoms. The van der Waals surface area contributed by atoms with Gasteiger partial charge in [0.15, 0.2) is 5.13 Å². The van der Waals surface area contributed by atoms with E-state index < -0.39 is 11.8 Å². The SMILES string of the molecule is O=C(NC[C@H](CO)Cc1c(F)cccc1Cl)Nc1nccs1. The third-order valence-corrected chi connectivity index (χ3v) is 4.06. The van der Waals surface area contributed by atoms with E-state index in [0.29, 0.717) is 15.7 Å². The van der Waals surface area contributed by atoms with Crippen molar-refractivity contribution in [2.45, 2.75) is 6.42 Å². The highest BCUT2D eigenvalue weighted by atomic mass is 35.5. The monoisotopic (exact) mass is 343 g/mol. The van der Waals surface area contributed by atoms with Crippen molar-refractivity contribution in [1.29, 1.82) is 0 Å². The Balaban J connectivity index is 1.88. The van der Waals surface area contributed by atoms with Crippen LogP contribution < -0.4 is 10.6 Å². The lowest BCUT2D eigenvalue weighted by Gasteiger charge is -2.16. The molecule has 22 heavy (non-hydrogen) atoms. The third-order valence-electron chi connectivity index (χ3n) is 3.02. The lowest BCUT2D eigenvalue weighted by molar-refractivity contribution is 0.217. The van der Waals surface area contributed by atoms with Crippen LogP contribution in [0.5, 0.6) is 0 Å². The van der Waals surface area contributed by atoms with Crippen LogP contribution in [0.25, 0.3) is 0 Å². The van der Waals surface area contributed by atoms with Crippen LogP contribution >= 0.6 is 22.9 Å². The average molecular weight is 344 g/mol. The molecule has 0 radical (unpaired) electrons. The fourth-order valence-electron chi connectivity index (χ4n) is 1.88. The first-order valence-electron chi connectivity index (χ1n) is 6.58. The summed E-state index contributed by atoms with van der Waals surface area (Å²) in [6.45, 7) is 0.000562. The van der Waals surface area contributed by atoms with Gasteiger partial charge in [0.25, 0.3) is 0 Å². The molecule has 0 bridgehead atoms. The topological polar surface area (TPSA) is 74.2 Å². The van der Waals surface area contributed by atoms with Crippen molar-refractivity contribution in [3.63, 3.8) is 0 Å². The molecule has 0 fully saturated rings. The van der Waals surface area contributed by atoms with Crippen LogP contribution in [0.15, 0.2) is 29.8 Å². The Labute approximate surface area is 136 Å². The van der Waals surface area contributed by atoms with Gasteiger partial charge in [-0.15, -0.1) is 11.3 Å². The molecule has 0 unspecified atom stereocenters. The van der Waals surface area contributed by atoms with Gasteiger partial charge in [-0.1, -0.05) is 17.7 Å². The van der Waals surface area contributed by atoms with Gasteiger partial charge in [-0.05, 0) is 18.6 Å². The molecule has 0 aliphatic carbocycles. The van der Waals surface area contributed by atoms with Gasteiger partial charge >= 0.3 is 6.03 Å². The summed E-state index contributed by atoms with van der Waals surface area (Å²) in [5.41, 5.74) is 0.338. The van der Waals surface area contributed by atoms with E-state index in [1.807, 2.05) is 0 Å². The molecule has 8 heteroatoms. The number of thiazole rings is 1. The van der Waals surface area contributed by atoms with Gasteiger partial charge in [0.1, 0.15) is 5.82 Å². The molecule has 2 aromatic rings. The zero-order chi connectivity index (χ0) is 15.9. The van der Waals surface area contributed by atoms with E-state index in [1.165, 1.54) is 23.5 Å². The van der Waals surface area contributed by atoms with Gasteiger partial charge in [0.2, 0.25) is 0 Å². The van der Waals surface area contributed by atoms with E-state index in [-0.39, 0.29) is 25.5 Å². The van der Waals surface area contributed by atoms with Crippen LogP contribution in [-0.4, -0.2) is 29.3 Å². The van der Waals surface area contributed by atoms with Gasteiger partial charge in [-0.3, -0.25) is 5.32 Å².